The first kappa shape index (κ1) is 12.3. The van der Waals surface area contributed by atoms with Gasteiger partial charge in [-0.3, -0.25) is 4.90 Å². The highest BCUT2D eigenvalue weighted by Gasteiger charge is 2.37. The van der Waals surface area contributed by atoms with Crippen molar-refractivity contribution in [2.45, 2.75) is 76.7 Å². The van der Waals surface area contributed by atoms with Crippen LogP contribution in [0.1, 0.15) is 46.5 Å². The van der Waals surface area contributed by atoms with Crippen molar-refractivity contribution < 1.29 is 5.11 Å². The Morgan fingerprint density at radius 2 is 1.81 bits per heavy atom. The molecule has 0 aromatic carbocycles. The molecule has 2 rings (SSSR count). The van der Waals surface area contributed by atoms with Crippen molar-refractivity contribution in [3.63, 3.8) is 0 Å². The van der Waals surface area contributed by atoms with Gasteiger partial charge in [-0.1, -0.05) is 6.92 Å². The first-order valence-electron chi connectivity index (χ1n) is 6.81. The summed E-state index contributed by atoms with van der Waals surface area (Å²) in [6, 6.07) is 2.43. The van der Waals surface area contributed by atoms with Crippen molar-refractivity contribution in [1.82, 2.24) is 10.2 Å². The highest BCUT2D eigenvalue weighted by atomic mass is 16.3. The average molecular weight is 226 g/mol. The lowest BCUT2D eigenvalue weighted by atomic mass is 9.96. The van der Waals surface area contributed by atoms with E-state index in [1.807, 2.05) is 6.92 Å². The van der Waals surface area contributed by atoms with E-state index in [-0.39, 0.29) is 12.1 Å². The number of aliphatic hydroxyl groups excluding tert-OH is 1. The molecule has 2 N–H and O–H groups in total. The normalized spacial score (nSPS) is 37.7. The van der Waals surface area contributed by atoms with E-state index in [0.717, 1.165) is 18.6 Å². The third-order valence-electron chi connectivity index (χ3n) is 4.50. The average Bonchev–Trinajstić information content (AvgIpc) is 2.59. The van der Waals surface area contributed by atoms with Crippen LogP contribution in [0, 0.1) is 0 Å². The molecule has 0 radical (unpaired) electrons. The van der Waals surface area contributed by atoms with Gasteiger partial charge in [0.15, 0.2) is 0 Å². The molecular weight excluding hydrogens is 200 g/mol. The van der Waals surface area contributed by atoms with Gasteiger partial charge in [0, 0.05) is 24.2 Å². The molecule has 16 heavy (non-hydrogen) atoms. The van der Waals surface area contributed by atoms with Crippen LogP contribution in [-0.2, 0) is 0 Å². The summed E-state index contributed by atoms with van der Waals surface area (Å²) in [5.74, 6) is 0. The fourth-order valence-corrected chi connectivity index (χ4v) is 3.45. The molecule has 0 aromatic rings. The Balaban J connectivity index is 1.99. The lowest BCUT2D eigenvalue weighted by Crippen LogP contribution is -2.53. The number of hydrogen-bond donors (Lipinski definition) is 2. The van der Waals surface area contributed by atoms with E-state index < -0.39 is 0 Å². The predicted octanol–water partition coefficient (Wildman–Crippen LogP) is 1.36. The van der Waals surface area contributed by atoms with Gasteiger partial charge in [0.05, 0.1) is 6.10 Å². The molecule has 2 saturated heterocycles. The van der Waals surface area contributed by atoms with E-state index in [1.165, 1.54) is 25.7 Å². The van der Waals surface area contributed by atoms with Gasteiger partial charge < -0.3 is 10.4 Å². The molecule has 4 unspecified atom stereocenters. The summed E-state index contributed by atoms with van der Waals surface area (Å²) in [7, 11) is 0. The van der Waals surface area contributed by atoms with E-state index in [1.54, 1.807) is 0 Å². The van der Waals surface area contributed by atoms with Crippen molar-refractivity contribution in [2.24, 2.45) is 0 Å². The number of fused-ring (bicyclic) bond motifs is 2. The Labute approximate surface area is 99.2 Å². The Morgan fingerprint density at radius 3 is 2.25 bits per heavy atom. The highest BCUT2D eigenvalue weighted by molar-refractivity contribution is 4.96. The number of hydrogen-bond acceptors (Lipinski definition) is 3. The smallest absolute Gasteiger partial charge is 0.0664 e. The third kappa shape index (κ3) is 2.41. The molecule has 3 nitrogen and oxygen atoms in total. The zero-order valence-electron chi connectivity index (χ0n) is 10.8. The zero-order chi connectivity index (χ0) is 11.7. The molecule has 0 spiro atoms. The number of aliphatic hydroxyl groups is 1. The Kier molecular flexibility index (Phi) is 3.88. The minimum atomic E-state index is -0.229. The molecule has 0 aliphatic carbocycles. The van der Waals surface area contributed by atoms with Crippen molar-refractivity contribution >= 4 is 0 Å². The van der Waals surface area contributed by atoms with Gasteiger partial charge in [0.25, 0.3) is 0 Å². The van der Waals surface area contributed by atoms with E-state index in [4.69, 9.17) is 0 Å². The third-order valence-corrected chi connectivity index (χ3v) is 4.50. The van der Waals surface area contributed by atoms with Crippen LogP contribution in [0.4, 0.5) is 0 Å². The molecule has 2 fully saturated rings. The minimum Gasteiger partial charge on any atom is -0.392 e. The first-order valence-corrected chi connectivity index (χ1v) is 6.81. The fraction of sp³-hybridized carbons (Fsp3) is 1.00. The van der Waals surface area contributed by atoms with Crippen LogP contribution in [0.25, 0.3) is 0 Å². The van der Waals surface area contributed by atoms with Gasteiger partial charge in [-0.15, -0.1) is 0 Å². The van der Waals surface area contributed by atoms with Crippen molar-refractivity contribution in [3.8, 4) is 0 Å². The monoisotopic (exact) mass is 226 g/mol. The van der Waals surface area contributed by atoms with Gasteiger partial charge in [0.2, 0.25) is 0 Å². The van der Waals surface area contributed by atoms with Crippen LogP contribution in [0.5, 0.6) is 0 Å². The summed E-state index contributed by atoms with van der Waals surface area (Å²) in [6.45, 7) is 7.32. The molecule has 0 amide bonds. The number of nitrogens with zero attached hydrogens (tertiary/aromatic N) is 1. The summed E-state index contributed by atoms with van der Waals surface area (Å²) in [5.41, 5.74) is 0. The van der Waals surface area contributed by atoms with E-state index in [0.29, 0.717) is 6.04 Å². The molecule has 2 aliphatic rings. The van der Waals surface area contributed by atoms with Crippen molar-refractivity contribution in [2.75, 3.05) is 6.54 Å². The fourth-order valence-electron chi connectivity index (χ4n) is 3.45. The van der Waals surface area contributed by atoms with Crippen molar-refractivity contribution in [3.05, 3.63) is 0 Å². The SMILES string of the molecule is CCN(C1CC2CCC(C1)N2)C(C)C(C)O. The van der Waals surface area contributed by atoms with E-state index >= 15 is 0 Å². The Morgan fingerprint density at radius 1 is 1.25 bits per heavy atom. The Bertz CT molecular complexity index is 220. The van der Waals surface area contributed by atoms with Crippen LogP contribution in [0.15, 0.2) is 0 Å². The molecule has 2 bridgehead atoms. The lowest BCUT2D eigenvalue weighted by molar-refractivity contribution is 0.0305. The molecule has 94 valence electrons. The summed E-state index contributed by atoms with van der Waals surface area (Å²) in [5, 5.41) is 13.4. The van der Waals surface area contributed by atoms with Crippen LogP contribution >= 0.6 is 0 Å². The van der Waals surface area contributed by atoms with Gasteiger partial charge in [-0.2, -0.15) is 0 Å². The van der Waals surface area contributed by atoms with Crippen LogP contribution in [-0.4, -0.2) is 46.8 Å². The summed E-state index contributed by atoms with van der Waals surface area (Å²) < 4.78 is 0. The molecular formula is C13H26N2O. The minimum absolute atomic E-state index is 0.229. The summed E-state index contributed by atoms with van der Waals surface area (Å²) in [4.78, 5) is 2.50. The topological polar surface area (TPSA) is 35.5 Å². The van der Waals surface area contributed by atoms with Gasteiger partial charge in [-0.25, -0.2) is 0 Å². The number of likely N-dealkylation sites (N-methyl/N-ethyl adjacent to an activating group) is 1. The lowest BCUT2D eigenvalue weighted by Gasteiger charge is -2.41. The molecule has 0 aromatic heterocycles. The van der Waals surface area contributed by atoms with E-state index in [2.05, 4.69) is 24.1 Å². The summed E-state index contributed by atoms with van der Waals surface area (Å²) >= 11 is 0. The maximum absolute atomic E-state index is 9.74. The van der Waals surface area contributed by atoms with Crippen LogP contribution < -0.4 is 5.32 Å². The van der Waals surface area contributed by atoms with Gasteiger partial charge in [-0.05, 0) is 46.1 Å². The maximum atomic E-state index is 9.74. The second-order valence-corrected chi connectivity index (χ2v) is 5.57. The number of nitrogens with one attached hydrogen (secondary N) is 1. The van der Waals surface area contributed by atoms with Crippen LogP contribution in [0.2, 0.25) is 0 Å². The van der Waals surface area contributed by atoms with Crippen molar-refractivity contribution in [1.29, 1.82) is 0 Å². The maximum Gasteiger partial charge on any atom is 0.0664 e. The Hall–Kier alpha value is -0.120. The molecule has 3 heteroatoms. The van der Waals surface area contributed by atoms with Gasteiger partial charge >= 0.3 is 0 Å². The largest absolute Gasteiger partial charge is 0.392 e. The summed E-state index contributed by atoms with van der Waals surface area (Å²) in [6.07, 6.45) is 5.00. The van der Waals surface area contributed by atoms with E-state index in [9.17, 15) is 5.11 Å². The predicted molar refractivity (Wildman–Crippen MR) is 66.5 cm³/mol. The zero-order valence-corrected chi connectivity index (χ0v) is 10.8. The molecule has 2 heterocycles. The second kappa shape index (κ2) is 5.03. The quantitative estimate of drug-likeness (QED) is 0.760. The highest BCUT2D eigenvalue weighted by Crippen LogP contribution is 2.30. The number of piperidine rings is 1. The molecule has 4 atom stereocenters. The first-order chi connectivity index (χ1) is 7.61. The standard InChI is InChI=1S/C13H26N2O/c1-4-15(9(2)10(3)16)13-7-11-5-6-12(8-13)14-11/h9-14,16H,4-8H2,1-3H3. The number of rotatable bonds is 4. The molecule has 2 aliphatic heterocycles. The molecule has 0 saturated carbocycles. The van der Waals surface area contributed by atoms with Crippen LogP contribution in [0.3, 0.4) is 0 Å². The van der Waals surface area contributed by atoms with Gasteiger partial charge in [0.1, 0.15) is 0 Å². The second-order valence-electron chi connectivity index (χ2n) is 5.57.